The third-order valence-corrected chi connectivity index (χ3v) is 5.39. The predicted molar refractivity (Wildman–Crippen MR) is 125 cm³/mol. The van der Waals surface area contributed by atoms with Crippen LogP contribution in [0.4, 0.5) is 11.4 Å². The number of nitrogens with one attached hydrogen (secondary N) is 1. The number of ether oxygens (including phenoxy) is 2. The first kappa shape index (κ1) is 22.1. The lowest BCUT2D eigenvalue weighted by Gasteiger charge is -2.17. The number of methoxy groups -OCH3 is 1. The number of aryl methyl sites for hydroxylation is 1. The smallest absolute Gasteiger partial charge is 0.343 e. The van der Waals surface area contributed by atoms with Crippen molar-refractivity contribution in [1.29, 1.82) is 0 Å². The number of halogens is 1. The number of para-hydroxylation sites is 3. The van der Waals surface area contributed by atoms with Gasteiger partial charge >= 0.3 is 5.97 Å². The quantitative estimate of drug-likeness (QED) is 0.326. The molecule has 1 N–H and O–H groups in total. The summed E-state index contributed by atoms with van der Waals surface area (Å²) in [5.41, 5.74) is 1.86. The Labute approximate surface area is 195 Å². The fourth-order valence-electron chi connectivity index (χ4n) is 3.31. The molecule has 0 saturated carbocycles. The van der Waals surface area contributed by atoms with Crippen LogP contribution in [0.25, 0.3) is 0 Å². The number of benzene rings is 3. The van der Waals surface area contributed by atoms with Crippen LogP contribution in [-0.4, -0.2) is 24.9 Å². The molecular weight excluding hydrogens is 444 g/mol. The summed E-state index contributed by atoms with van der Waals surface area (Å²) in [6.07, 6.45) is 0. The molecule has 166 valence electrons. The first-order valence-electron chi connectivity index (χ1n) is 9.97. The Bertz CT molecular complexity index is 1280. The average molecular weight is 463 g/mol. The van der Waals surface area contributed by atoms with E-state index in [-0.39, 0.29) is 10.7 Å². The van der Waals surface area contributed by atoms with Crippen molar-refractivity contribution in [3.8, 4) is 11.5 Å². The van der Waals surface area contributed by atoms with E-state index < -0.39 is 17.8 Å². The Kier molecular flexibility index (Phi) is 6.15. The normalized spacial score (nSPS) is 13.4. The minimum atomic E-state index is -0.660. The number of carbonyl (C=O) groups excluding carboxylic acids is 3. The summed E-state index contributed by atoms with van der Waals surface area (Å²) in [5, 5.41) is 2.63. The second kappa shape index (κ2) is 9.18. The van der Waals surface area contributed by atoms with Gasteiger partial charge in [0.1, 0.15) is 22.2 Å². The molecule has 3 aromatic carbocycles. The highest BCUT2D eigenvalue weighted by Gasteiger charge is 2.40. The number of hydrogen-bond acceptors (Lipinski definition) is 6. The van der Waals surface area contributed by atoms with E-state index in [9.17, 15) is 14.4 Å². The fraction of sp³-hybridized carbons (Fsp3) is 0.0800. The molecule has 3 aromatic rings. The van der Waals surface area contributed by atoms with Crippen LogP contribution in [0.15, 0.2) is 83.5 Å². The van der Waals surface area contributed by atoms with Crippen LogP contribution in [0.2, 0.25) is 0 Å². The van der Waals surface area contributed by atoms with Gasteiger partial charge in [-0.1, -0.05) is 41.9 Å². The summed E-state index contributed by atoms with van der Waals surface area (Å²) < 4.78 is 10.7. The molecule has 0 aliphatic carbocycles. The molecule has 7 nitrogen and oxygen atoms in total. The molecule has 4 rings (SSSR count). The molecule has 0 radical (unpaired) electrons. The van der Waals surface area contributed by atoms with Crippen LogP contribution < -0.4 is 19.7 Å². The van der Waals surface area contributed by atoms with Crippen molar-refractivity contribution in [1.82, 2.24) is 0 Å². The van der Waals surface area contributed by atoms with Crippen molar-refractivity contribution >= 4 is 40.8 Å². The Morgan fingerprint density at radius 1 is 0.879 bits per heavy atom. The number of carbonyl (C=O) groups is 3. The van der Waals surface area contributed by atoms with Gasteiger partial charge in [-0.05, 0) is 55.0 Å². The first-order chi connectivity index (χ1) is 15.9. The minimum absolute atomic E-state index is 0.0668. The SMILES string of the molecule is COc1ccccc1N1C(=O)C(Cl)=C(Nc2ccc(C(=O)Oc3ccccc3C)cc2)C1=O. The molecule has 33 heavy (non-hydrogen) atoms. The zero-order chi connectivity index (χ0) is 23.5. The van der Waals surface area contributed by atoms with Crippen molar-refractivity contribution in [3.63, 3.8) is 0 Å². The summed E-state index contributed by atoms with van der Waals surface area (Å²) in [7, 11) is 1.45. The van der Waals surface area contributed by atoms with Gasteiger partial charge in [0.15, 0.2) is 0 Å². The Morgan fingerprint density at radius 3 is 2.18 bits per heavy atom. The van der Waals surface area contributed by atoms with E-state index in [1.807, 2.05) is 19.1 Å². The molecule has 0 atom stereocenters. The fourth-order valence-corrected chi connectivity index (χ4v) is 3.52. The highest BCUT2D eigenvalue weighted by atomic mass is 35.5. The molecular formula is C25H19ClN2O5. The topological polar surface area (TPSA) is 84.9 Å². The predicted octanol–water partition coefficient (Wildman–Crippen LogP) is 4.66. The second-order valence-electron chi connectivity index (χ2n) is 7.16. The molecule has 0 aromatic heterocycles. The zero-order valence-electron chi connectivity index (χ0n) is 17.8. The van der Waals surface area contributed by atoms with Crippen LogP contribution in [0, 0.1) is 6.92 Å². The maximum Gasteiger partial charge on any atom is 0.343 e. The summed E-state index contributed by atoms with van der Waals surface area (Å²) >= 11 is 6.19. The lowest BCUT2D eigenvalue weighted by atomic mass is 10.2. The van der Waals surface area contributed by atoms with Crippen molar-refractivity contribution < 1.29 is 23.9 Å². The lowest BCUT2D eigenvalue weighted by molar-refractivity contribution is -0.120. The van der Waals surface area contributed by atoms with Crippen molar-refractivity contribution in [2.45, 2.75) is 6.92 Å². The summed E-state index contributed by atoms with van der Waals surface area (Å²) in [5.74, 6) is -0.943. The van der Waals surface area contributed by atoms with Crippen molar-refractivity contribution in [3.05, 3.63) is 94.7 Å². The number of imide groups is 1. The maximum absolute atomic E-state index is 13.0. The molecule has 1 aliphatic heterocycles. The molecule has 8 heteroatoms. The molecule has 0 unspecified atom stereocenters. The van der Waals surface area contributed by atoms with E-state index in [4.69, 9.17) is 21.1 Å². The number of nitrogens with zero attached hydrogens (tertiary/aromatic N) is 1. The van der Waals surface area contributed by atoms with Gasteiger partial charge in [-0.25, -0.2) is 9.69 Å². The van der Waals surface area contributed by atoms with E-state index >= 15 is 0 Å². The first-order valence-corrected chi connectivity index (χ1v) is 10.3. The van der Waals surface area contributed by atoms with Gasteiger partial charge < -0.3 is 14.8 Å². The molecule has 0 spiro atoms. The van der Waals surface area contributed by atoms with E-state index in [0.29, 0.717) is 28.4 Å². The van der Waals surface area contributed by atoms with Gasteiger partial charge in [0.05, 0.1) is 18.4 Å². The summed E-state index contributed by atoms with van der Waals surface area (Å²) in [6, 6.07) is 20.2. The van der Waals surface area contributed by atoms with Gasteiger partial charge in [0, 0.05) is 5.69 Å². The van der Waals surface area contributed by atoms with Crippen LogP contribution in [0.3, 0.4) is 0 Å². The van der Waals surface area contributed by atoms with Crippen LogP contribution in [0.1, 0.15) is 15.9 Å². The zero-order valence-corrected chi connectivity index (χ0v) is 18.6. The average Bonchev–Trinajstić information content (AvgIpc) is 3.04. The van der Waals surface area contributed by atoms with E-state index in [0.717, 1.165) is 10.5 Å². The summed E-state index contributed by atoms with van der Waals surface area (Å²) in [6.45, 7) is 1.85. The van der Waals surface area contributed by atoms with E-state index in [2.05, 4.69) is 5.32 Å². The number of anilines is 2. The van der Waals surface area contributed by atoms with Crippen LogP contribution >= 0.6 is 11.6 Å². The molecule has 1 heterocycles. The van der Waals surface area contributed by atoms with Crippen LogP contribution in [0.5, 0.6) is 11.5 Å². The van der Waals surface area contributed by atoms with E-state index in [1.54, 1.807) is 60.7 Å². The van der Waals surface area contributed by atoms with Gasteiger partial charge in [-0.3, -0.25) is 9.59 Å². The number of hydrogen-bond donors (Lipinski definition) is 1. The van der Waals surface area contributed by atoms with Crippen molar-refractivity contribution in [2.24, 2.45) is 0 Å². The molecule has 2 amide bonds. The Morgan fingerprint density at radius 2 is 1.52 bits per heavy atom. The number of rotatable bonds is 6. The highest BCUT2D eigenvalue weighted by Crippen LogP contribution is 2.35. The van der Waals surface area contributed by atoms with Gasteiger partial charge in [0.25, 0.3) is 11.8 Å². The van der Waals surface area contributed by atoms with Crippen LogP contribution in [-0.2, 0) is 9.59 Å². The third kappa shape index (κ3) is 4.31. The summed E-state index contributed by atoms with van der Waals surface area (Å²) in [4.78, 5) is 39.1. The number of amides is 2. The highest BCUT2D eigenvalue weighted by molar-refractivity contribution is 6.53. The van der Waals surface area contributed by atoms with E-state index in [1.165, 1.54) is 7.11 Å². The maximum atomic E-state index is 13.0. The van der Waals surface area contributed by atoms with Crippen molar-refractivity contribution in [2.75, 3.05) is 17.3 Å². The molecule has 0 saturated heterocycles. The largest absolute Gasteiger partial charge is 0.495 e. The second-order valence-corrected chi connectivity index (χ2v) is 7.54. The monoisotopic (exact) mass is 462 g/mol. The molecule has 0 fully saturated rings. The van der Waals surface area contributed by atoms with Gasteiger partial charge in [-0.2, -0.15) is 0 Å². The minimum Gasteiger partial charge on any atom is -0.495 e. The standard InChI is InChI=1S/C25H19ClN2O5/c1-15-7-3-5-9-19(15)33-25(31)16-11-13-17(14-12-16)27-22-21(26)23(29)28(24(22)30)18-8-4-6-10-20(18)32-2/h3-14,27H,1-2H3. The third-order valence-electron chi connectivity index (χ3n) is 5.04. The lowest BCUT2D eigenvalue weighted by Crippen LogP contribution is -2.32. The van der Waals surface area contributed by atoms with Gasteiger partial charge in [0.2, 0.25) is 0 Å². The Balaban J connectivity index is 1.51. The van der Waals surface area contributed by atoms with Gasteiger partial charge in [-0.15, -0.1) is 0 Å². The molecule has 1 aliphatic rings. The molecule has 0 bridgehead atoms. The number of esters is 1. The Hall–Kier alpha value is -4.10.